The van der Waals surface area contributed by atoms with Gasteiger partial charge in [0, 0.05) is 24.8 Å². The smallest absolute Gasteiger partial charge is 0.0414 e. The molecule has 1 aliphatic carbocycles. The summed E-state index contributed by atoms with van der Waals surface area (Å²) in [4.78, 5) is 2.60. The van der Waals surface area contributed by atoms with Crippen molar-refractivity contribution in [1.82, 2.24) is 5.32 Å². The quantitative estimate of drug-likeness (QED) is 0.764. The maximum absolute atomic E-state index is 3.60. The fourth-order valence-corrected chi connectivity index (χ4v) is 2.80. The average molecular weight is 288 g/mol. The van der Waals surface area contributed by atoms with Gasteiger partial charge in [-0.2, -0.15) is 0 Å². The predicted octanol–water partition coefficient (Wildman–Crippen LogP) is 4.37. The molecule has 0 atom stereocenters. The first kappa shape index (κ1) is 16.4. The van der Waals surface area contributed by atoms with Crippen molar-refractivity contribution in [3.05, 3.63) is 29.3 Å². The van der Waals surface area contributed by atoms with E-state index < -0.39 is 0 Å². The zero-order chi connectivity index (χ0) is 15.4. The molecule has 2 rings (SSSR count). The van der Waals surface area contributed by atoms with Crippen LogP contribution in [-0.2, 0) is 6.54 Å². The molecule has 1 aromatic rings. The molecule has 0 aromatic heterocycles. The predicted molar refractivity (Wildman–Crippen MR) is 92.9 cm³/mol. The Morgan fingerprint density at radius 1 is 1.19 bits per heavy atom. The Hall–Kier alpha value is -1.02. The normalized spacial score (nSPS) is 15.0. The minimum atomic E-state index is 0.567. The Balaban J connectivity index is 2.14. The first-order valence-electron chi connectivity index (χ1n) is 8.54. The van der Waals surface area contributed by atoms with E-state index in [1.165, 1.54) is 36.2 Å². The van der Waals surface area contributed by atoms with Crippen LogP contribution in [0.4, 0.5) is 5.69 Å². The standard InChI is InChI=1S/C19H32N2/c1-14(2)11-20-12-18-10-16(5)6-9-19(18)21(15(3)4)13-17-7-8-17/h6,9-10,14-15,17,20H,7-8,11-13H2,1-5H3. The second-order valence-electron chi connectivity index (χ2n) is 7.35. The van der Waals surface area contributed by atoms with Crippen LogP contribution in [0.5, 0.6) is 0 Å². The molecule has 0 spiro atoms. The highest BCUT2D eigenvalue weighted by Gasteiger charge is 2.26. The van der Waals surface area contributed by atoms with E-state index in [9.17, 15) is 0 Å². The van der Waals surface area contributed by atoms with Crippen LogP contribution in [0.1, 0.15) is 51.7 Å². The van der Waals surface area contributed by atoms with Crippen LogP contribution in [-0.4, -0.2) is 19.1 Å². The van der Waals surface area contributed by atoms with Crippen molar-refractivity contribution in [2.45, 2.75) is 60.0 Å². The summed E-state index contributed by atoms with van der Waals surface area (Å²) in [7, 11) is 0. The van der Waals surface area contributed by atoms with Crippen molar-refractivity contribution in [1.29, 1.82) is 0 Å². The fraction of sp³-hybridized carbons (Fsp3) is 0.684. The van der Waals surface area contributed by atoms with Gasteiger partial charge in [-0.25, -0.2) is 0 Å². The molecule has 1 N–H and O–H groups in total. The van der Waals surface area contributed by atoms with Crippen molar-refractivity contribution in [3.63, 3.8) is 0 Å². The van der Waals surface area contributed by atoms with E-state index in [0.717, 1.165) is 19.0 Å². The lowest BCUT2D eigenvalue weighted by atomic mass is 10.1. The molecule has 2 nitrogen and oxygen atoms in total. The van der Waals surface area contributed by atoms with Gasteiger partial charge >= 0.3 is 0 Å². The summed E-state index contributed by atoms with van der Waals surface area (Å²) in [5.74, 6) is 1.62. The summed E-state index contributed by atoms with van der Waals surface area (Å²) in [6, 6.07) is 7.50. The molecule has 0 bridgehead atoms. The largest absolute Gasteiger partial charge is 0.369 e. The number of rotatable bonds is 8. The van der Waals surface area contributed by atoms with Gasteiger partial charge in [-0.3, -0.25) is 0 Å². The van der Waals surface area contributed by atoms with Crippen molar-refractivity contribution < 1.29 is 0 Å². The Morgan fingerprint density at radius 2 is 1.90 bits per heavy atom. The molecule has 21 heavy (non-hydrogen) atoms. The van der Waals surface area contributed by atoms with Gasteiger partial charge in [-0.15, -0.1) is 0 Å². The second kappa shape index (κ2) is 7.31. The van der Waals surface area contributed by atoms with E-state index in [1.807, 2.05) is 0 Å². The topological polar surface area (TPSA) is 15.3 Å². The Bertz CT molecular complexity index is 447. The minimum absolute atomic E-state index is 0.567. The van der Waals surface area contributed by atoms with E-state index in [-0.39, 0.29) is 0 Å². The molecule has 0 amide bonds. The Kier molecular flexibility index (Phi) is 5.69. The summed E-state index contributed by atoms with van der Waals surface area (Å²) >= 11 is 0. The van der Waals surface area contributed by atoms with Crippen molar-refractivity contribution in [3.8, 4) is 0 Å². The van der Waals surface area contributed by atoms with Crippen LogP contribution >= 0.6 is 0 Å². The van der Waals surface area contributed by atoms with Gasteiger partial charge in [0.05, 0.1) is 0 Å². The first-order chi connectivity index (χ1) is 9.97. The SMILES string of the molecule is Cc1ccc(N(CC2CC2)C(C)C)c(CNCC(C)C)c1. The molecule has 2 heteroatoms. The number of benzene rings is 1. The van der Waals surface area contributed by atoms with Gasteiger partial charge in [-0.05, 0) is 63.6 Å². The maximum atomic E-state index is 3.60. The highest BCUT2D eigenvalue weighted by atomic mass is 15.2. The molecular formula is C19H32N2. The van der Waals surface area contributed by atoms with Crippen LogP contribution in [0.3, 0.4) is 0 Å². The maximum Gasteiger partial charge on any atom is 0.0414 e. The highest BCUT2D eigenvalue weighted by molar-refractivity contribution is 5.56. The van der Waals surface area contributed by atoms with Crippen molar-refractivity contribution >= 4 is 5.69 Å². The molecule has 0 aliphatic heterocycles. The second-order valence-corrected chi connectivity index (χ2v) is 7.35. The summed E-state index contributed by atoms with van der Waals surface area (Å²) in [5.41, 5.74) is 4.24. The van der Waals surface area contributed by atoms with Crippen LogP contribution in [0.25, 0.3) is 0 Å². The minimum Gasteiger partial charge on any atom is -0.369 e. The number of aryl methyl sites for hydroxylation is 1. The van der Waals surface area contributed by atoms with Gasteiger partial charge in [0.1, 0.15) is 0 Å². The van der Waals surface area contributed by atoms with Crippen LogP contribution in [0.2, 0.25) is 0 Å². The molecular weight excluding hydrogens is 256 g/mol. The summed E-state index contributed by atoms with van der Waals surface area (Å²) in [5, 5.41) is 3.60. The van der Waals surface area contributed by atoms with Gasteiger partial charge < -0.3 is 10.2 Å². The van der Waals surface area contributed by atoms with Gasteiger partial charge in [0.2, 0.25) is 0 Å². The molecule has 0 unspecified atom stereocenters. The molecule has 0 radical (unpaired) electrons. The van der Waals surface area contributed by atoms with Gasteiger partial charge in [-0.1, -0.05) is 31.5 Å². The number of nitrogens with one attached hydrogen (secondary N) is 1. The van der Waals surface area contributed by atoms with E-state index >= 15 is 0 Å². The van der Waals surface area contributed by atoms with Crippen molar-refractivity contribution in [2.75, 3.05) is 18.0 Å². The Morgan fingerprint density at radius 3 is 2.48 bits per heavy atom. The molecule has 118 valence electrons. The van der Waals surface area contributed by atoms with Gasteiger partial charge in [0.25, 0.3) is 0 Å². The highest BCUT2D eigenvalue weighted by Crippen LogP contribution is 2.33. The molecule has 1 saturated carbocycles. The number of nitrogens with zero attached hydrogens (tertiary/aromatic N) is 1. The Labute approximate surface area is 130 Å². The third kappa shape index (κ3) is 5.03. The summed E-state index contributed by atoms with van der Waals surface area (Å²) in [6.07, 6.45) is 2.83. The zero-order valence-corrected chi connectivity index (χ0v) is 14.4. The first-order valence-corrected chi connectivity index (χ1v) is 8.54. The third-order valence-electron chi connectivity index (χ3n) is 4.19. The van der Waals surface area contributed by atoms with E-state index in [1.54, 1.807) is 0 Å². The van der Waals surface area contributed by atoms with E-state index in [4.69, 9.17) is 0 Å². The van der Waals surface area contributed by atoms with Crippen LogP contribution in [0.15, 0.2) is 18.2 Å². The number of hydrogen-bond acceptors (Lipinski definition) is 2. The molecule has 0 heterocycles. The molecule has 1 aliphatic rings. The average Bonchev–Trinajstić information content (AvgIpc) is 3.20. The summed E-state index contributed by atoms with van der Waals surface area (Å²) < 4.78 is 0. The van der Waals surface area contributed by atoms with Crippen LogP contribution < -0.4 is 10.2 Å². The lowest BCUT2D eigenvalue weighted by Crippen LogP contribution is -2.34. The van der Waals surface area contributed by atoms with E-state index in [2.05, 4.69) is 63.0 Å². The van der Waals surface area contributed by atoms with Gasteiger partial charge in [0.15, 0.2) is 0 Å². The zero-order valence-electron chi connectivity index (χ0n) is 14.4. The summed E-state index contributed by atoms with van der Waals surface area (Å²) in [6.45, 7) is 14.6. The molecule has 0 saturated heterocycles. The molecule has 1 fully saturated rings. The lowest BCUT2D eigenvalue weighted by Gasteiger charge is -2.31. The van der Waals surface area contributed by atoms with Crippen molar-refractivity contribution in [2.24, 2.45) is 11.8 Å². The van der Waals surface area contributed by atoms with E-state index in [0.29, 0.717) is 12.0 Å². The van der Waals surface area contributed by atoms with Crippen LogP contribution in [0, 0.1) is 18.8 Å². The monoisotopic (exact) mass is 288 g/mol. The fourth-order valence-electron chi connectivity index (χ4n) is 2.80. The number of hydrogen-bond donors (Lipinski definition) is 1. The molecule has 1 aromatic carbocycles. The number of anilines is 1. The lowest BCUT2D eigenvalue weighted by molar-refractivity contribution is 0.550. The third-order valence-corrected chi connectivity index (χ3v) is 4.19.